The first kappa shape index (κ1) is 27.7. The molecule has 0 radical (unpaired) electrons. The van der Waals surface area contributed by atoms with Gasteiger partial charge in [-0.05, 0) is 101 Å². The van der Waals surface area contributed by atoms with Gasteiger partial charge in [-0.1, -0.05) is 105 Å². The Morgan fingerprint density at radius 3 is 1.11 bits per heavy atom. The fourth-order valence-electron chi connectivity index (χ4n) is 6.55. The van der Waals surface area contributed by atoms with Gasteiger partial charge in [0.1, 0.15) is 5.60 Å². The number of fused-ring (bicyclic) bond motifs is 3. The molecule has 0 saturated carbocycles. The molecule has 3 nitrogen and oxygen atoms in total. The molecule has 1 N–H and O–H groups in total. The minimum absolute atomic E-state index is 0.657. The van der Waals surface area contributed by atoms with Crippen LogP contribution in [0, 0.1) is 0 Å². The predicted molar refractivity (Wildman–Crippen MR) is 184 cm³/mol. The Kier molecular flexibility index (Phi) is 7.47. The molecule has 0 atom stereocenters. The molecule has 44 heavy (non-hydrogen) atoms. The van der Waals surface area contributed by atoms with Crippen LogP contribution in [0.1, 0.15) is 37.3 Å². The maximum Gasteiger partial charge on any atom is 0.116 e. The first-order valence-corrected chi connectivity index (χ1v) is 15.5. The monoisotopic (exact) mass is 572 g/mol. The smallest absolute Gasteiger partial charge is 0.116 e. The van der Waals surface area contributed by atoms with E-state index in [0.29, 0.717) is 6.42 Å². The molecule has 0 unspecified atom stereocenters. The van der Waals surface area contributed by atoms with Crippen molar-refractivity contribution in [1.29, 1.82) is 0 Å². The van der Waals surface area contributed by atoms with Crippen LogP contribution in [0.25, 0.3) is 11.1 Å². The number of nitrogens with zero attached hydrogens (tertiary/aromatic N) is 2. The number of para-hydroxylation sites is 4. The number of aliphatic hydroxyl groups is 1. The molecule has 1 aliphatic rings. The van der Waals surface area contributed by atoms with Crippen molar-refractivity contribution in [3.63, 3.8) is 0 Å². The van der Waals surface area contributed by atoms with Gasteiger partial charge in [0.15, 0.2) is 0 Å². The van der Waals surface area contributed by atoms with Crippen molar-refractivity contribution >= 4 is 34.1 Å². The molecular formula is C41H36N2O. The van der Waals surface area contributed by atoms with Gasteiger partial charge in [0, 0.05) is 34.1 Å². The van der Waals surface area contributed by atoms with Crippen molar-refractivity contribution in [3.05, 3.63) is 169 Å². The van der Waals surface area contributed by atoms with Crippen molar-refractivity contribution in [2.75, 3.05) is 9.80 Å². The first-order chi connectivity index (χ1) is 21.7. The van der Waals surface area contributed by atoms with Crippen LogP contribution in [0.5, 0.6) is 0 Å². The minimum atomic E-state index is -1.11. The van der Waals surface area contributed by atoms with Gasteiger partial charge >= 0.3 is 0 Å². The number of unbranched alkanes of at least 4 members (excludes halogenated alkanes) is 1. The fraction of sp³-hybridized carbons (Fsp3) is 0.122. The Bertz CT molecular complexity index is 1640. The van der Waals surface area contributed by atoms with E-state index in [-0.39, 0.29) is 0 Å². The summed E-state index contributed by atoms with van der Waals surface area (Å²) in [5.74, 6) is 0. The third kappa shape index (κ3) is 4.96. The number of anilines is 6. The maximum atomic E-state index is 12.8. The molecular weight excluding hydrogens is 536 g/mol. The van der Waals surface area contributed by atoms with Gasteiger partial charge in [-0.3, -0.25) is 0 Å². The molecule has 1 aliphatic carbocycles. The average Bonchev–Trinajstić information content (AvgIpc) is 3.33. The predicted octanol–water partition coefficient (Wildman–Crippen LogP) is 11.0. The summed E-state index contributed by atoms with van der Waals surface area (Å²) in [6, 6.07) is 54.9. The molecule has 0 heterocycles. The van der Waals surface area contributed by atoms with Gasteiger partial charge < -0.3 is 14.9 Å². The summed E-state index contributed by atoms with van der Waals surface area (Å²) in [6.45, 7) is 2.19. The van der Waals surface area contributed by atoms with Gasteiger partial charge in [0.05, 0.1) is 0 Å². The van der Waals surface area contributed by atoms with Crippen molar-refractivity contribution in [3.8, 4) is 11.1 Å². The molecule has 3 heteroatoms. The Morgan fingerprint density at radius 1 is 0.455 bits per heavy atom. The lowest BCUT2D eigenvalue weighted by Gasteiger charge is -2.30. The van der Waals surface area contributed by atoms with E-state index in [9.17, 15) is 5.11 Å². The SMILES string of the molecule is CCCCC1(O)c2cc(N(c3ccccc3)c3ccccc3)ccc2-c2ccc(N(c3ccccc3)c3ccccc3)cc21. The lowest BCUT2D eigenvalue weighted by Crippen LogP contribution is -2.25. The zero-order valence-corrected chi connectivity index (χ0v) is 25.0. The Morgan fingerprint density at radius 2 is 0.795 bits per heavy atom. The Balaban J connectivity index is 1.38. The number of benzene rings is 6. The Labute approximate surface area is 260 Å². The average molecular weight is 573 g/mol. The molecule has 6 aromatic carbocycles. The second kappa shape index (κ2) is 11.9. The van der Waals surface area contributed by atoms with E-state index in [1.807, 2.05) is 24.3 Å². The summed E-state index contributed by atoms with van der Waals surface area (Å²) in [6.07, 6.45) is 2.59. The molecule has 216 valence electrons. The maximum absolute atomic E-state index is 12.8. The van der Waals surface area contributed by atoms with E-state index in [1.165, 1.54) is 0 Å². The highest BCUT2D eigenvalue weighted by molar-refractivity contribution is 5.88. The van der Waals surface area contributed by atoms with E-state index < -0.39 is 5.60 Å². The third-order valence-electron chi connectivity index (χ3n) is 8.65. The van der Waals surface area contributed by atoms with E-state index >= 15 is 0 Å². The van der Waals surface area contributed by atoms with Crippen LogP contribution >= 0.6 is 0 Å². The molecule has 0 aromatic heterocycles. The summed E-state index contributed by atoms with van der Waals surface area (Å²) in [5.41, 5.74) is 9.40. The number of hydrogen-bond acceptors (Lipinski definition) is 3. The molecule has 0 saturated heterocycles. The standard InChI is InChI=1S/C41H36N2O/c1-2-3-28-41(44)39-29-35(42(31-16-8-4-9-17-31)32-18-10-5-11-19-32)24-26-37(39)38-27-25-36(30-40(38)41)43(33-20-12-6-13-21-33)34-22-14-7-15-23-34/h4-27,29-30,44H,2-3,28H2,1H3. The highest BCUT2D eigenvalue weighted by atomic mass is 16.3. The largest absolute Gasteiger partial charge is 0.380 e. The number of rotatable bonds is 9. The quantitative estimate of drug-likeness (QED) is 0.187. The third-order valence-corrected chi connectivity index (χ3v) is 8.65. The normalized spacial score (nSPS) is 12.8. The van der Waals surface area contributed by atoms with Crippen LogP contribution in [0.2, 0.25) is 0 Å². The molecule has 0 amide bonds. The fourth-order valence-corrected chi connectivity index (χ4v) is 6.55. The van der Waals surface area contributed by atoms with Crippen LogP contribution in [0.15, 0.2) is 158 Å². The van der Waals surface area contributed by atoms with Crippen LogP contribution in [0.3, 0.4) is 0 Å². The van der Waals surface area contributed by atoms with Gasteiger partial charge in [0.2, 0.25) is 0 Å². The van der Waals surface area contributed by atoms with E-state index in [1.54, 1.807) is 0 Å². The molecule has 0 fully saturated rings. The summed E-state index contributed by atoms with van der Waals surface area (Å²) < 4.78 is 0. The first-order valence-electron chi connectivity index (χ1n) is 15.5. The molecule has 6 aromatic rings. The lowest BCUT2D eigenvalue weighted by molar-refractivity contribution is 0.0733. The van der Waals surface area contributed by atoms with E-state index in [2.05, 4.69) is 150 Å². The van der Waals surface area contributed by atoms with E-state index in [0.717, 1.165) is 69.2 Å². The molecule has 7 rings (SSSR count). The topological polar surface area (TPSA) is 26.7 Å². The van der Waals surface area contributed by atoms with Crippen LogP contribution in [0.4, 0.5) is 34.1 Å². The summed E-state index contributed by atoms with van der Waals surface area (Å²) in [4.78, 5) is 4.53. The van der Waals surface area contributed by atoms with Crippen LogP contribution < -0.4 is 9.80 Å². The lowest BCUT2D eigenvalue weighted by atomic mass is 9.86. The minimum Gasteiger partial charge on any atom is -0.380 e. The Hall–Kier alpha value is -5.12. The van der Waals surface area contributed by atoms with Crippen molar-refractivity contribution in [2.24, 2.45) is 0 Å². The molecule has 0 bridgehead atoms. The van der Waals surface area contributed by atoms with Crippen LogP contribution in [-0.4, -0.2) is 5.11 Å². The summed E-state index contributed by atoms with van der Waals surface area (Å²) in [5, 5.41) is 12.8. The second-order valence-electron chi connectivity index (χ2n) is 11.4. The zero-order chi connectivity index (χ0) is 29.9. The van der Waals surface area contributed by atoms with Gasteiger partial charge in [-0.2, -0.15) is 0 Å². The van der Waals surface area contributed by atoms with Gasteiger partial charge in [0.25, 0.3) is 0 Å². The van der Waals surface area contributed by atoms with Gasteiger partial charge in [-0.15, -0.1) is 0 Å². The molecule has 0 spiro atoms. The van der Waals surface area contributed by atoms with Crippen molar-refractivity contribution in [1.82, 2.24) is 0 Å². The van der Waals surface area contributed by atoms with E-state index in [4.69, 9.17) is 0 Å². The van der Waals surface area contributed by atoms with Crippen molar-refractivity contribution < 1.29 is 5.11 Å². The highest BCUT2D eigenvalue weighted by Gasteiger charge is 2.42. The molecule has 0 aliphatic heterocycles. The summed E-state index contributed by atoms with van der Waals surface area (Å²) in [7, 11) is 0. The number of hydrogen-bond donors (Lipinski definition) is 1. The summed E-state index contributed by atoms with van der Waals surface area (Å²) >= 11 is 0. The highest BCUT2D eigenvalue weighted by Crippen LogP contribution is 2.53. The second-order valence-corrected chi connectivity index (χ2v) is 11.4. The van der Waals surface area contributed by atoms with Gasteiger partial charge in [-0.25, -0.2) is 0 Å². The van der Waals surface area contributed by atoms with Crippen LogP contribution in [-0.2, 0) is 5.60 Å². The van der Waals surface area contributed by atoms with Crippen molar-refractivity contribution in [2.45, 2.75) is 31.8 Å². The zero-order valence-electron chi connectivity index (χ0n) is 25.0.